The average Bonchev–Trinajstić information content (AvgIpc) is 1.74. The summed E-state index contributed by atoms with van der Waals surface area (Å²) in [6.07, 6.45) is 20.7. The van der Waals surface area contributed by atoms with Crippen molar-refractivity contribution in [3.05, 3.63) is 204 Å². The molecular formula is C95H175N7O4S5. The summed E-state index contributed by atoms with van der Waals surface area (Å²) in [5, 5.41) is 11.8. The van der Waals surface area contributed by atoms with Crippen LogP contribution in [0.4, 0.5) is 0 Å². The van der Waals surface area contributed by atoms with Crippen LogP contribution in [0.5, 0.6) is 0 Å². The Kier molecular flexibility index (Phi) is 80.6. The highest BCUT2D eigenvalue weighted by Crippen LogP contribution is 2.29. The predicted molar refractivity (Wildman–Crippen MR) is 508 cm³/mol. The molecule has 0 aliphatic heterocycles. The van der Waals surface area contributed by atoms with E-state index < -0.39 is 0 Å². The Hall–Kier alpha value is -5.65. The molecule has 10 rings (SSSR count). The fourth-order valence-electron chi connectivity index (χ4n) is 6.42. The van der Waals surface area contributed by atoms with Crippen LogP contribution in [0.15, 0.2) is 167 Å². The SMILES string of the molecule is CC.CC.CC.CC.CC.CC.CC.CC.CC.CC.CC(C)(C)c1ccco1.CC(C)(C)c1cccs1.CC(C)(C)c1ccoc1.CC(C)(C)c1ccsc1.CC(C)(C)c1cnccn1.CC(C)(C)c1cnco1.CC(C)(C)c1cncs1.CC(C)(C)c1cscn1.CC(C)(C)c1ncco1.CC(C)(C)c1nccs1. The first kappa shape index (κ1) is 126. The number of nitrogens with zero attached hydrogens (tertiary/aromatic N) is 7. The lowest BCUT2D eigenvalue weighted by atomic mass is 9.89. The van der Waals surface area contributed by atoms with E-state index in [1.807, 2.05) is 197 Å². The van der Waals surface area contributed by atoms with Gasteiger partial charge < -0.3 is 17.7 Å². The molecule has 0 atom stereocenters. The summed E-state index contributed by atoms with van der Waals surface area (Å²) >= 11 is 8.69. The van der Waals surface area contributed by atoms with E-state index in [9.17, 15) is 0 Å². The van der Waals surface area contributed by atoms with E-state index in [0.717, 1.165) is 23.1 Å². The van der Waals surface area contributed by atoms with Crippen molar-refractivity contribution in [2.24, 2.45) is 0 Å². The van der Waals surface area contributed by atoms with Gasteiger partial charge in [-0.2, -0.15) is 11.3 Å². The molecule has 11 nitrogen and oxygen atoms in total. The van der Waals surface area contributed by atoms with Gasteiger partial charge in [0.1, 0.15) is 17.8 Å². The van der Waals surface area contributed by atoms with Crippen molar-refractivity contribution in [3.8, 4) is 0 Å². The van der Waals surface area contributed by atoms with Crippen molar-refractivity contribution >= 4 is 56.7 Å². The van der Waals surface area contributed by atoms with Gasteiger partial charge in [0.2, 0.25) is 0 Å². The quantitative estimate of drug-likeness (QED) is 0.143. The Morgan fingerprint density at radius 1 is 0.288 bits per heavy atom. The number of rotatable bonds is 0. The summed E-state index contributed by atoms with van der Waals surface area (Å²) in [6, 6.07) is 12.4. The molecule has 0 saturated heterocycles. The topological polar surface area (TPSA) is 143 Å². The van der Waals surface area contributed by atoms with E-state index in [2.05, 4.69) is 282 Å². The predicted octanol–water partition coefficient (Wildman–Crippen LogP) is 34.5. The second-order valence-electron chi connectivity index (χ2n) is 31.8. The van der Waals surface area contributed by atoms with E-state index in [1.165, 1.54) is 38.0 Å². The highest BCUT2D eigenvalue weighted by Gasteiger charge is 2.21. The molecule has 0 saturated carbocycles. The number of hydrogen-bond acceptors (Lipinski definition) is 16. The Labute approximate surface area is 708 Å². The molecular weight excluding hydrogens is 1460 g/mol. The maximum atomic E-state index is 5.20. The Morgan fingerprint density at radius 3 is 0.991 bits per heavy atom. The zero-order valence-corrected chi connectivity index (χ0v) is 85.3. The van der Waals surface area contributed by atoms with Crippen molar-refractivity contribution in [1.29, 1.82) is 0 Å². The Bertz CT molecular complexity index is 2600. The van der Waals surface area contributed by atoms with Crippen LogP contribution in [-0.2, 0) is 54.1 Å². The van der Waals surface area contributed by atoms with E-state index in [4.69, 9.17) is 17.7 Å². The summed E-state index contributed by atoms with van der Waals surface area (Å²) in [6.45, 7) is 105. The molecule has 10 heterocycles. The van der Waals surface area contributed by atoms with Crippen molar-refractivity contribution in [2.45, 2.75) is 400 Å². The highest BCUT2D eigenvalue weighted by atomic mass is 32.1. The van der Waals surface area contributed by atoms with Gasteiger partial charge in [-0.1, -0.05) is 352 Å². The van der Waals surface area contributed by atoms with Crippen molar-refractivity contribution in [3.63, 3.8) is 0 Å². The van der Waals surface area contributed by atoms with Gasteiger partial charge in [-0.3, -0.25) is 15.0 Å². The number of aromatic nitrogens is 7. The van der Waals surface area contributed by atoms with Gasteiger partial charge in [0, 0.05) is 84.0 Å². The monoisotopic (exact) mass is 1640 g/mol. The number of thiazole rings is 3. The smallest absolute Gasteiger partial charge is 0.199 e. The lowest BCUT2D eigenvalue weighted by molar-refractivity contribution is 0.392. The molecule has 16 heteroatoms. The van der Waals surface area contributed by atoms with Crippen LogP contribution in [0, 0.1) is 0 Å². The molecule has 0 aliphatic carbocycles. The molecule has 0 aromatic carbocycles. The third-order valence-electron chi connectivity index (χ3n) is 12.3. The molecule has 111 heavy (non-hydrogen) atoms. The molecule has 644 valence electrons. The van der Waals surface area contributed by atoms with Gasteiger partial charge in [0.25, 0.3) is 0 Å². The van der Waals surface area contributed by atoms with Crippen LogP contribution >= 0.6 is 56.7 Å². The molecule has 0 radical (unpaired) electrons. The maximum absolute atomic E-state index is 5.20. The largest absolute Gasteiger partial charge is 0.472 e. The first-order valence-electron chi connectivity index (χ1n) is 40.9. The van der Waals surface area contributed by atoms with Gasteiger partial charge in [0.15, 0.2) is 12.3 Å². The summed E-state index contributed by atoms with van der Waals surface area (Å²) in [5.41, 5.74) is 10.7. The summed E-state index contributed by atoms with van der Waals surface area (Å²) in [5.74, 6) is 2.77. The van der Waals surface area contributed by atoms with E-state index in [0.29, 0.717) is 10.8 Å². The summed E-state index contributed by atoms with van der Waals surface area (Å²) < 4.78 is 20.3. The number of hydrogen-bond donors (Lipinski definition) is 0. The first-order valence-corrected chi connectivity index (χ1v) is 45.4. The maximum Gasteiger partial charge on any atom is 0.199 e. The molecule has 0 bridgehead atoms. The minimum Gasteiger partial charge on any atom is -0.472 e. The number of furan rings is 2. The molecule has 0 spiro atoms. The normalized spacial score (nSPS) is 10.3. The molecule has 0 N–H and O–H groups in total. The zero-order valence-electron chi connectivity index (χ0n) is 81.2. The second-order valence-corrected chi connectivity index (χ2v) is 36.1. The van der Waals surface area contributed by atoms with Crippen molar-refractivity contribution in [2.75, 3.05) is 0 Å². The fourth-order valence-corrected chi connectivity index (χ4v) is 10.3. The van der Waals surface area contributed by atoms with Crippen LogP contribution < -0.4 is 0 Å². The standard InChI is InChI=1S/C8H12N2.2C8H12O.2C8H12S.2C7H11NO.3C7H11NS.10C2H6/c1-8(2,3)7-6-9-4-5-10-7;1-8(2,3)7-4-5-9-6-7;1-8(2,3)7-5-4-6-9-7;1-8(2,3)7-4-5-9-6-7;1-8(2,3)7-5-4-6-9-7;1-7(2,3)6-4-8-5-9-6;1-7(2,3)6-8-4-5-9-6;1-7(2,3)6-4-9-5-8-6;1-7(2,3)6-4-8-5-9-6;1-7(2,3)6-8-4-5-9-6;10*1-2/h4-6H,1-3H3;4*4-6H,1-3H3;5*4-5H,1-3H3;10*1-2H3. The first-order chi connectivity index (χ1) is 51.6. The molecule has 0 unspecified atom stereocenters. The second kappa shape index (κ2) is 70.9. The summed E-state index contributed by atoms with van der Waals surface area (Å²) in [7, 11) is 0. The molecule has 0 amide bonds. The van der Waals surface area contributed by atoms with Crippen molar-refractivity contribution in [1.82, 2.24) is 34.9 Å². The van der Waals surface area contributed by atoms with E-state index in [-0.39, 0.29) is 43.3 Å². The van der Waals surface area contributed by atoms with Crippen molar-refractivity contribution < 1.29 is 17.7 Å². The number of oxazole rings is 2. The lowest BCUT2D eigenvalue weighted by Crippen LogP contribution is -2.13. The highest BCUT2D eigenvalue weighted by molar-refractivity contribution is 7.10. The van der Waals surface area contributed by atoms with Crippen LogP contribution in [0.1, 0.15) is 401 Å². The van der Waals surface area contributed by atoms with Crippen LogP contribution in [0.2, 0.25) is 0 Å². The Morgan fingerprint density at radius 2 is 0.802 bits per heavy atom. The molecule has 10 aromatic rings. The third kappa shape index (κ3) is 69.6. The minimum absolute atomic E-state index is 0.0451. The van der Waals surface area contributed by atoms with Crippen LogP contribution in [0.25, 0.3) is 0 Å². The van der Waals surface area contributed by atoms with Gasteiger partial charge in [-0.25, -0.2) is 19.9 Å². The van der Waals surface area contributed by atoms with Gasteiger partial charge in [-0.15, -0.1) is 45.3 Å². The zero-order chi connectivity index (χ0) is 89.8. The molecule has 0 aliphatic rings. The van der Waals surface area contributed by atoms with Crippen LogP contribution in [0.3, 0.4) is 0 Å². The summed E-state index contributed by atoms with van der Waals surface area (Å²) in [4.78, 5) is 31.2. The average molecular weight is 1640 g/mol. The third-order valence-corrected chi connectivity index (χ3v) is 17.3. The van der Waals surface area contributed by atoms with Gasteiger partial charge >= 0.3 is 0 Å². The minimum atomic E-state index is 0.0451. The van der Waals surface area contributed by atoms with Gasteiger partial charge in [-0.05, 0) is 79.3 Å². The van der Waals surface area contributed by atoms with Crippen LogP contribution in [-0.4, -0.2) is 34.9 Å². The van der Waals surface area contributed by atoms with E-state index >= 15 is 0 Å². The molecule has 0 fully saturated rings. The molecule has 10 aromatic heterocycles. The number of thiophene rings is 2. The van der Waals surface area contributed by atoms with Gasteiger partial charge in [0.05, 0.1) is 58.6 Å². The van der Waals surface area contributed by atoms with E-state index in [1.54, 1.807) is 101 Å². The lowest BCUT2D eigenvalue weighted by Gasteiger charge is -2.15. The fraction of sp³-hybridized carbons (Fsp3) is 0.632. The Balaban J connectivity index is -0.000000124.